The van der Waals surface area contributed by atoms with Crippen molar-refractivity contribution in [3.8, 4) is 0 Å². The summed E-state index contributed by atoms with van der Waals surface area (Å²) in [5, 5.41) is 12.3. The van der Waals surface area contributed by atoms with E-state index in [1.807, 2.05) is 6.20 Å². The van der Waals surface area contributed by atoms with Gasteiger partial charge in [0, 0.05) is 25.3 Å². The molecule has 1 atom stereocenters. The first kappa shape index (κ1) is 9.57. The fraction of sp³-hybridized carbons (Fsp3) is 0.545. The molecule has 86 valence electrons. The number of anilines is 2. The van der Waals surface area contributed by atoms with E-state index in [-0.39, 0.29) is 5.69 Å². The molecule has 0 bridgehead atoms. The molecule has 16 heavy (non-hydrogen) atoms. The van der Waals surface area contributed by atoms with Gasteiger partial charge >= 0.3 is 5.97 Å². The monoisotopic (exact) mass is 221 g/mol. The van der Waals surface area contributed by atoms with E-state index in [0.717, 1.165) is 24.5 Å². The van der Waals surface area contributed by atoms with Crippen LogP contribution in [0.4, 0.5) is 11.4 Å². The number of H-pyrrole nitrogens is 1. The van der Waals surface area contributed by atoms with E-state index >= 15 is 0 Å². The summed E-state index contributed by atoms with van der Waals surface area (Å²) in [6, 6.07) is 0.527. The lowest BCUT2D eigenvalue weighted by atomic mass is 9.99. The van der Waals surface area contributed by atoms with Crippen LogP contribution in [0.5, 0.6) is 0 Å². The predicted molar refractivity (Wildman–Crippen MR) is 61.2 cm³/mol. The lowest BCUT2D eigenvalue weighted by Gasteiger charge is -2.41. The number of carboxylic acid groups (broad SMARTS) is 1. The highest BCUT2D eigenvalue weighted by Crippen LogP contribution is 2.37. The molecule has 2 aliphatic heterocycles. The van der Waals surface area contributed by atoms with Gasteiger partial charge in [0.2, 0.25) is 0 Å². The van der Waals surface area contributed by atoms with Crippen LogP contribution in [-0.2, 0) is 0 Å². The Bertz CT molecular complexity index is 427. The lowest BCUT2D eigenvalue weighted by Crippen LogP contribution is -2.46. The molecule has 5 heteroatoms. The first-order valence-corrected chi connectivity index (χ1v) is 5.72. The maximum absolute atomic E-state index is 11.0. The number of fused-ring (bicyclic) bond motifs is 3. The van der Waals surface area contributed by atoms with Crippen molar-refractivity contribution in [1.82, 2.24) is 4.98 Å². The molecule has 1 aromatic heterocycles. The molecule has 0 radical (unpaired) electrons. The normalized spacial score (nSPS) is 23.2. The van der Waals surface area contributed by atoms with E-state index < -0.39 is 5.97 Å². The Morgan fingerprint density at radius 2 is 2.38 bits per heavy atom. The van der Waals surface area contributed by atoms with Crippen molar-refractivity contribution in [2.75, 3.05) is 23.3 Å². The number of nitrogens with zero attached hydrogens (tertiary/aromatic N) is 1. The molecule has 3 N–H and O–H groups in total. The zero-order valence-electron chi connectivity index (χ0n) is 8.99. The number of hydrogen-bond donors (Lipinski definition) is 3. The van der Waals surface area contributed by atoms with Gasteiger partial charge in [-0.05, 0) is 19.3 Å². The van der Waals surface area contributed by atoms with E-state index in [9.17, 15) is 4.79 Å². The molecule has 0 aromatic carbocycles. The summed E-state index contributed by atoms with van der Waals surface area (Å²) in [4.78, 5) is 16.2. The summed E-state index contributed by atoms with van der Waals surface area (Å²) < 4.78 is 0. The van der Waals surface area contributed by atoms with Gasteiger partial charge in [-0.3, -0.25) is 0 Å². The van der Waals surface area contributed by atoms with Crippen LogP contribution in [-0.4, -0.2) is 35.2 Å². The Balaban J connectivity index is 2.00. The molecular formula is C11H15N3O2. The van der Waals surface area contributed by atoms with E-state index in [1.165, 1.54) is 19.3 Å². The summed E-state index contributed by atoms with van der Waals surface area (Å²) in [6.45, 7) is 1.89. The zero-order chi connectivity index (χ0) is 11.1. The second kappa shape index (κ2) is 3.43. The lowest BCUT2D eigenvalue weighted by molar-refractivity contribution is 0.0692. The molecule has 2 aliphatic rings. The predicted octanol–water partition coefficient (Wildman–Crippen LogP) is 1.50. The third-order valence-corrected chi connectivity index (χ3v) is 3.52. The number of hydrogen-bond acceptors (Lipinski definition) is 3. The summed E-state index contributed by atoms with van der Waals surface area (Å²) in [5.74, 6) is -0.899. The zero-order valence-corrected chi connectivity index (χ0v) is 8.99. The van der Waals surface area contributed by atoms with Crippen molar-refractivity contribution in [2.45, 2.75) is 25.3 Å². The van der Waals surface area contributed by atoms with Gasteiger partial charge in [-0.2, -0.15) is 0 Å². The smallest absolute Gasteiger partial charge is 0.354 e. The summed E-state index contributed by atoms with van der Waals surface area (Å²) in [6.07, 6.45) is 5.47. The molecule has 1 fully saturated rings. The van der Waals surface area contributed by atoms with Gasteiger partial charge in [0.15, 0.2) is 0 Å². The van der Waals surface area contributed by atoms with E-state index in [1.54, 1.807) is 0 Å². The van der Waals surface area contributed by atoms with Gasteiger partial charge in [-0.25, -0.2) is 4.79 Å². The van der Waals surface area contributed by atoms with Crippen LogP contribution in [0.15, 0.2) is 6.20 Å². The number of rotatable bonds is 1. The van der Waals surface area contributed by atoms with Crippen LogP contribution in [0, 0.1) is 0 Å². The van der Waals surface area contributed by atoms with Crippen LogP contribution in [0.2, 0.25) is 0 Å². The fourth-order valence-electron chi connectivity index (χ4n) is 2.74. The fourth-order valence-corrected chi connectivity index (χ4v) is 2.74. The van der Waals surface area contributed by atoms with Crippen LogP contribution < -0.4 is 10.2 Å². The maximum Gasteiger partial charge on any atom is 0.354 e. The van der Waals surface area contributed by atoms with Crippen LogP contribution in [0.3, 0.4) is 0 Å². The Kier molecular flexibility index (Phi) is 2.05. The number of aromatic carboxylic acids is 1. The Morgan fingerprint density at radius 3 is 3.19 bits per heavy atom. The highest BCUT2D eigenvalue weighted by atomic mass is 16.4. The highest BCUT2D eigenvalue weighted by molar-refractivity contribution is 5.97. The molecule has 3 heterocycles. The van der Waals surface area contributed by atoms with Crippen LogP contribution >= 0.6 is 0 Å². The molecular weight excluding hydrogens is 206 g/mol. The number of carbonyl (C=O) groups is 1. The molecule has 0 amide bonds. The minimum Gasteiger partial charge on any atom is -0.477 e. The number of aromatic nitrogens is 1. The SMILES string of the molecule is O=C(O)c1[nH]cc2c1NCC1CCCCN21. The first-order valence-electron chi connectivity index (χ1n) is 5.72. The second-order valence-electron chi connectivity index (χ2n) is 4.45. The van der Waals surface area contributed by atoms with Crippen LogP contribution in [0.1, 0.15) is 29.8 Å². The highest BCUT2D eigenvalue weighted by Gasteiger charge is 2.31. The van der Waals surface area contributed by atoms with Gasteiger partial charge in [0.05, 0.1) is 11.4 Å². The van der Waals surface area contributed by atoms with Crippen molar-refractivity contribution in [3.63, 3.8) is 0 Å². The van der Waals surface area contributed by atoms with Crippen molar-refractivity contribution >= 4 is 17.3 Å². The van der Waals surface area contributed by atoms with Gasteiger partial charge < -0.3 is 20.3 Å². The molecule has 1 aromatic rings. The summed E-state index contributed by atoms with van der Waals surface area (Å²) in [7, 11) is 0. The topological polar surface area (TPSA) is 68.4 Å². The molecule has 5 nitrogen and oxygen atoms in total. The average molecular weight is 221 g/mol. The van der Waals surface area contributed by atoms with Crippen molar-refractivity contribution in [2.24, 2.45) is 0 Å². The number of carboxylic acids is 1. The Labute approximate surface area is 93.4 Å². The van der Waals surface area contributed by atoms with Crippen molar-refractivity contribution in [3.05, 3.63) is 11.9 Å². The van der Waals surface area contributed by atoms with Gasteiger partial charge in [-0.1, -0.05) is 0 Å². The third-order valence-electron chi connectivity index (χ3n) is 3.52. The molecule has 0 saturated carbocycles. The quantitative estimate of drug-likeness (QED) is 0.672. The van der Waals surface area contributed by atoms with E-state index in [0.29, 0.717) is 6.04 Å². The van der Waals surface area contributed by atoms with Crippen LogP contribution in [0.25, 0.3) is 0 Å². The van der Waals surface area contributed by atoms with E-state index in [4.69, 9.17) is 5.11 Å². The maximum atomic E-state index is 11.0. The molecule has 1 unspecified atom stereocenters. The summed E-state index contributed by atoms with van der Waals surface area (Å²) in [5.41, 5.74) is 2.05. The van der Waals surface area contributed by atoms with Crippen molar-refractivity contribution in [1.29, 1.82) is 0 Å². The van der Waals surface area contributed by atoms with Gasteiger partial charge in [0.25, 0.3) is 0 Å². The molecule has 0 aliphatic carbocycles. The average Bonchev–Trinajstić information content (AvgIpc) is 2.73. The van der Waals surface area contributed by atoms with Gasteiger partial charge in [-0.15, -0.1) is 0 Å². The van der Waals surface area contributed by atoms with Gasteiger partial charge in [0.1, 0.15) is 5.69 Å². The number of aromatic amines is 1. The number of nitrogens with one attached hydrogen (secondary N) is 2. The molecule has 1 saturated heterocycles. The largest absolute Gasteiger partial charge is 0.477 e. The van der Waals surface area contributed by atoms with Crippen molar-refractivity contribution < 1.29 is 9.90 Å². The third kappa shape index (κ3) is 1.27. The molecule has 3 rings (SSSR count). The minimum absolute atomic E-state index is 0.277. The summed E-state index contributed by atoms with van der Waals surface area (Å²) >= 11 is 0. The molecule has 0 spiro atoms. The minimum atomic E-state index is -0.899. The standard InChI is InChI=1S/C11H15N3O2/c15-11(16)10-9-8(6-13-10)14-4-2-1-3-7(14)5-12-9/h6-7,12-13H,1-5H2,(H,15,16). The van der Waals surface area contributed by atoms with E-state index in [2.05, 4.69) is 15.2 Å². The first-order chi connectivity index (χ1) is 7.77. The Hall–Kier alpha value is -1.65. The second-order valence-corrected chi connectivity index (χ2v) is 4.45. The number of piperidine rings is 1. The Morgan fingerprint density at radius 1 is 1.50 bits per heavy atom.